The van der Waals surface area contributed by atoms with Crippen molar-refractivity contribution in [1.82, 2.24) is 5.32 Å². The van der Waals surface area contributed by atoms with Crippen molar-refractivity contribution in [3.63, 3.8) is 0 Å². The number of benzene rings is 1. The molecule has 1 aromatic rings. The molecule has 0 saturated heterocycles. The van der Waals surface area contributed by atoms with Crippen molar-refractivity contribution < 1.29 is 15.0 Å². The quantitative estimate of drug-likeness (QED) is 0.385. The molecule has 0 radical (unpaired) electrons. The van der Waals surface area contributed by atoms with Crippen LogP contribution in [0.5, 0.6) is 0 Å². The van der Waals surface area contributed by atoms with Gasteiger partial charge in [-0.2, -0.15) is 0 Å². The predicted molar refractivity (Wildman–Crippen MR) is 94.2 cm³/mol. The van der Waals surface area contributed by atoms with E-state index in [1.807, 2.05) is 31.2 Å². The molecule has 3 atom stereocenters. The van der Waals surface area contributed by atoms with Gasteiger partial charge in [-0.15, -0.1) is 0 Å². The molecule has 23 heavy (non-hydrogen) atoms. The van der Waals surface area contributed by atoms with Crippen molar-refractivity contribution in [2.24, 2.45) is 5.73 Å². The lowest BCUT2D eigenvalue weighted by molar-refractivity contribution is -0.119. The zero-order chi connectivity index (χ0) is 17.2. The molecule has 1 rings (SSSR count). The van der Waals surface area contributed by atoms with Gasteiger partial charge in [0.15, 0.2) is 0 Å². The Morgan fingerprint density at radius 2 is 1.78 bits per heavy atom. The van der Waals surface area contributed by atoms with Crippen LogP contribution in [0.15, 0.2) is 29.2 Å². The molecule has 0 aliphatic heterocycles. The van der Waals surface area contributed by atoms with Crippen molar-refractivity contribution in [2.45, 2.75) is 62.0 Å². The molecular formula is C17H28N2O3S. The highest BCUT2D eigenvalue weighted by Gasteiger charge is 2.15. The molecule has 0 saturated carbocycles. The number of nitrogens with one attached hydrogen (secondary N) is 1. The van der Waals surface area contributed by atoms with Crippen LogP contribution < -0.4 is 11.1 Å². The molecular weight excluding hydrogens is 312 g/mol. The van der Waals surface area contributed by atoms with Crippen LogP contribution in [0.1, 0.15) is 38.2 Å². The number of rotatable bonds is 10. The van der Waals surface area contributed by atoms with Crippen LogP contribution in [0.3, 0.4) is 0 Å². The van der Waals surface area contributed by atoms with E-state index in [-0.39, 0.29) is 18.5 Å². The first-order valence-corrected chi connectivity index (χ1v) is 8.85. The lowest BCUT2D eigenvalue weighted by Gasteiger charge is -2.20. The normalized spacial score (nSPS) is 15.0. The standard InChI is InChI=1S/C17H28N2O3S/c1-12-3-8-16(9-4-12)23-17(22)10-6-14(19-13(2)20)5-7-15(21)11-18/h3-4,8-9,14-15,17,21-22H,5-7,10-11,18H2,1-2H3,(H,19,20). The molecule has 5 N–H and O–H groups in total. The van der Waals surface area contributed by atoms with Gasteiger partial charge in [0.1, 0.15) is 5.44 Å². The summed E-state index contributed by atoms with van der Waals surface area (Å²) in [4.78, 5) is 12.3. The molecule has 130 valence electrons. The van der Waals surface area contributed by atoms with Gasteiger partial charge in [-0.25, -0.2) is 0 Å². The first-order valence-electron chi connectivity index (χ1n) is 7.97. The smallest absolute Gasteiger partial charge is 0.217 e. The van der Waals surface area contributed by atoms with E-state index in [2.05, 4.69) is 5.32 Å². The van der Waals surface area contributed by atoms with Crippen molar-refractivity contribution in [1.29, 1.82) is 0 Å². The van der Waals surface area contributed by atoms with Gasteiger partial charge in [0.2, 0.25) is 5.91 Å². The Kier molecular flexibility index (Phi) is 9.24. The van der Waals surface area contributed by atoms with Crippen LogP contribution in [-0.2, 0) is 4.79 Å². The number of hydrogen-bond acceptors (Lipinski definition) is 5. The molecule has 0 aromatic heterocycles. The lowest BCUT2D eigenvalue weighted by Crippen LogP contribution is -2.35. The molecule has 0 aliphatic carbocycles. The average Bonchev–Trinajstić information content (AvgIpc) is 2.51. The SMILES string of the molecule is CC(=O)NC(CCC(O)CN)CCC(O)Sc1ccc(C)cc1. The Balaban J connectivity index is 2.42. The largest absolute Gasteiger partial charge is 0.392 e. The van der Waals surface area contributed by atoms with Gasteiger partial charge in [-0.1, -0.05) is 29.5 Å². The fraction of sp³-hybridized carbons (Fsp3) is 0.588. The molecule has 6 heteroatoms. The summed E-state index contributed by atoms with van der Waals surface area (Å²) in [5, 5.41) is 22.6. The van der Waals surface area contributed by atoms with Crippen LogP contribution in [0.4, 0.5) is 0 Å². The minimum absolute atomic E-state index is 0.0537. The molecule has 0 fully saturated rings. The number of nitrogens with two attached hydrogens (primary N) is 1. The Morgan fingerprint density at radius 3 is 2.35 bits per heavy atom. The number of aliphatic hydroxyl groups is 2. The lowest BCUT2D eigenvalue weighted by atomic mass is 10.0. The van der Waals surface area contributed by atoms with E-state index in [4.69, 9.17) is 5.73 Å². The van der Waals surface area contributed by atoms with Gasteiger partial charge in [0.05, 0.1) is 6.10 Å². The van der Waals surface area contributed by atoms with Crippen LogP contribution in [0, 0.1) is 6.92 Å². The maximum atomic E-state index is 11.3. The number of aryl methyl sites for hydroxylation is 1. The Bertz CT molecular complexity index is 467. The van der Waals surface area contributed by atoms with Gasteiger partial charge in [-0.3, -0.25) is 4.79 Å². The number of thioether (sulfide) groups is 1. The molecule has 1 aromatic carbocycles. The zero-order valence-electron chi connectivity index (χ0n) is 13.9. The van der Waals surface area contributed by atoms with E-state index in [0.29, 0.717) is 25.7 Å². The van der Waals surface area contributed by atoms with Gasteiger partial charge in [0.25, 0.3) is 0 Å². The van der Waals surface area contributed by atoms with E-state index >= 15 is 0 Å². The number of aliphatic hydroxyl groups excluding tert-OH is 2. The summed E-state index contributed by atoms with van der Waals surface area (Å²) in [6.07, 6.45) is 1.89. The maximum Gasteiger partial charge on any atom is 0.217 e. The highest BCUT2D eigenvalue weighted by Crippen LogP contribution is 2.25. The summed E-state index contributed by atoms with van der Waals surface area (Å²) >= 11 is 1.42. The third-order valence-corrected chi connectivity index (χ3v) is 4.64. The average molecular weight is 340 g/mol. The topological polar surface area (TPSA) is 95.6 Å². The first kappa shape index (κ1) is 20.0. The second kappa shape index (κ2) is 10.6. The molecule has 0 spiro atoms. The molecule has 3 unspecified atom stereocenters. The number of amides is 1. The van der Waals surface area contributed by atoms with Crippen molar-refractivity contribution in [2.75, 3.05) is 6.54 Å². The predicted octanol–water partition coefficient (Wildman–Crippen LogP) is 1.79. The minimum Gasteiger partial charge on any atom is -0.392 e. The molecule has 1 amide bonds. The van der Waals surface area contributed by atoms with Gasteiger partial charge in [-0.05, 0) is 44.7 Å². The summed E-state index contributed by atoms with van der Waals surface area (Å²) in [5.41, 5.74) is 6.07. The van der Waals surface area contributed by atoms with Crippen molar-refractivity contribution in [3.05, 3.63) is 29.8 Å². The van der Waals surface area contributed by atoms with Crippen LogP contribution >= 0.6 is 11.8 Å². The van der Waals surface area contributed by atoms with E-state index in [0.717, 1.165) is 4.90 Å². The summed E-state index contributed by atoms with van der Waals surface area (Å²) < 4.78 is 0. The fourth-order valence-electron chi connectivity index (χ4n) is 2.26. The second-order valence-corrected chi connectivity index (χ2v) is 7.08. The third-order valence-electron chi connectivity index (χ3n) is 3.58. The van der Waals surface area contributed by atoms with Crippen LogP contribution in [0.25, 0.3) is 0 Å². The van der Waals surface area contributed by atoms with Gasteiger partial charge < -0.3 is 21.3 Å². The highest BCUT2D eigenvalue weighted by molar-refractivity contribution is 7.99. The zero-order valence-corrected chi connectivity index (χ0v) is 14.7. The Hall–Kier alpha value is -1.08. The summed E-state index contributed by atoms with van der Waals surface area (Å²) in [6.45, 7) is 3.72. The van der Waals surface area contributed by atoms with Crippen LogP contribution in [0.2, 0.25) is 0 Å². The molecule has 0 heterocycles. The molecule has 5 nitrogen and oxygen atoms in total. The van der Waals surface area contributed by atoms with Gasteiger partial charge in [0, 0.05) is 24.4 Å². The summed E-state index contributed by atoms with van der Waals surface area (Å²) in [6, 6.07) is 7.97. The van der Waals surface area contributed by atoms with Crippen LogP contribution in [-0.4, -0.2) is 40.2 Å². The summed E-state index contributed by atoms with van der Waals surface area (Å²) in [7, 11) is 0. The first-order chi connectivity index (χ1) is 10.9. The van der Waals surface area contributed by atoms with E-state index in [9.17, 15) is 15.0 Å². The van der Waals surface area contributed by atoms with E-state index in [1.54, 1.807) is 0 Å². The number of hydrogen-bond donors (Lipinski definition) is 4. The second-order valence-electron chi connectivity index (χ2n) is 5.83. The minimum atomic E-state index is -0.543. The van der Waals surface area contributed by atoms with Gasteiger partial charge >= 0.3 is 0 Å². The van der Waals surface area contributed by atoms with E-state index in [1.165, 1.54) is 24.2 Å². The monoisotopic (exact) mass is 340 g/mol. The van der Waals surface area contributed by atoms with E-state index < -0.39 is 11.5 Å². The number of carbonyl (C=O) groups excluding carboxylic acids is 1. The Morgan fingerprint density at radius 1 is 1.17 bits per heavy atom. The summed E-state index contributed by atoms with van der Waals surface area (Å²) in [5.74, 6) is -0.0992. The maximum absolute atomic E-state index is 11.3. The fourth-order valence-corrected chi connectivity index (χ4v) is 3.13. The third kappa shape index (κ3) is 8.95. The number of carbonyl (C=O) groups is 1. The highest BCUT2D eigenvalue weighted by atomic mass is 32.2. The molecule has 0 aliphatic rings. The van der Waals surface area contributed by atoms with Crippen molar-refractivity contribution >= 4 is 17.7 Å². The Labute approximate surface area is 142 Å². The molecule has 0 bridgehead atoms. The van der Waals surface area contributed by atoms with Crippen molar-refractivity contribution in [3.8, 4) is 0 Å².